The quantitative estimate of drug-likeness (QED) is 0.259. The van der Waals surface area contributed by atoms with E-state index >= 15 is 0 Å². The smallest absolute Gasteiger partial charge is 0.341 e. The first kappa shape index (κ1) is 24.5. The second-order valence-electron chi connectivity index (χ2n) is 7.53. The second-order valence-corrected chi connectivity index (χ2v) is 9.35. The predicted molar refractivity (Wildman–Crippen MR) is 137 cm³/mol. The molecular weight excluding hydrogens is 484 g/mol. The number of carbonyl (C=O) groups excluding carboxylic acids is 2. The number of aromatic nitrogens is 3. The maximum absolute atomic E-state index is 12.7. The standard InChI is InChI=1S/C25H24N4O4S2/c1-29-20(13-16-7-5-4-6-8-16)27-28-25(29)35-15-21(30)26-23-22(24(31)33-3)19(14-34-23)17-9-11-18(32-2)12-10-17/h4-12,14H,13,15H2,1-3H3,(H,26,30). The number of nitrogens with one attached hydrogen (secondary N) is 1. The number of hydrogen-bond acceptors (Lipinski definition) is 8. The Kier molecular flexibility index (Phi) is 7.84. The fraction of sp³-hybridized carbons (Fsp3) is 0.200. The molecule has 0 spiro atoms. The fourth-order valence-corrected chi connectivity index (χ4v) is 5.14. The summed E-state index contributed by atoms with van der Waals surface area (Å²) in [5, 5.41) is 14.2. The van der Waals surface area contributed by atoms with Crippen LogP contribution in [-0.2, 0) is 23.0 Å². The molecule has 8 nitrogen and oxygen atoms in total. The molecule has 0 aliphatic rings. The van der Waals surface area contributed by atoms with E-state index in [-0.39, 0.29) is 11.7 Å². The zero-order chi connectivity index (χ0) is 24.8. The highest BCUT2D eigenvalue weighted by molar-refractivity contribution is 7.99. The zero-order valence-electron chi connectivity index (χ0n) is 19.5. The lowest BCUT2D eigenvalue weighted by molar-refractivity contribution is -0.113. The lowest BCUT2D eigenvalue weighted by atomic mass is 10.0. The zero-order valence-corrected chi connectivity index (χ0v) is 21.1. The molecule has 0 fully saturated rings. The van der Waals surface area contributed by atoms with Crippen LogP contribution in [0.3, 0.4) is 0 Å². The first-order valence-electron chi connectivity index (χ1n) is 10.7. The van der Waals surface area contributed by atoms with Crippen LogP contribution in [0, 0.1) is 0 Å². The Bertz CT molecular complexity index is 1320. The summed E-state index contributed by atoms with van der Waals surface area (Å²) >= 11 is 2.56. The van der Waals surface area contributed by atoms with Gasteiger partial charge < -0.3 is 19.4 Å². The number of thioether (sulfide) groups is 1. The summed E-state index contributed by atoms with van der Waals surface area (Å²) in [7, 11) is 4.80. The van der Waals surface area contributed by atoms with Crippen molar-refractivity contribution >= 4 is 40.0 Å². The van der Waals surface area contributed by atoms with Crippen molar-refractivity contribution < 1.29 is 19.1 Å². The number of carbonyl (C=O) groups is 2. The Hall–Kier alpha value is -3.63. The average molecular weight is 509 g/mol. The van der Waals surface area contributed by atoms with Crippen LogP contribution in [0.5, 0.6) is 5.75 Å². The van der Waals surface area contributed by atoms with Crippen molar-refractivity contribution in [2.45, 2.75) is 11.6 Å². The molecule has 1 amide bonds. The number of esters is 1. The summed E-state index contributed by atoms with van der Waals surface area (Å²) in [5.41, 5.74) is 2.97. The fourth-order valence-electron chi connectivity index (χ4n) is 3.43. The molecule has 1 N–H and O–H groups in total. The van der Waals surface area contributed by atoms with E-state index in [4.69, 9.17) is 9.47 Å². The summed E-state index contributed by atoms with van der Waals surface area (Å²) in [4.78, 5) is 25.3. The van der Waals surface area contributed by atoms with Gasteiger partial charge in [-0.05, 0) is 23.3 Å². The molecule has 0 radical (unpaired) electrons. The molecule has 0 atom stereocenters. The van der Waals surface area contributed by atoms with E-state index in [9.17, 15) is 9.59 Å². The third kappa shape index (κ3) is 5.72. The number of thiophene rings is 1. The number of amides is 1. The predicted octanol–water partition coefficient (Wildman–Crippen LogP) is 4.66. The number of nitrogens with zero attached hydrogens (tertiary/aromatic N) is 3. The Morgan fingerprint density at radius 2 is 1.80 bits per heavy atom. The molecule has 0 unspecified atom stereocenters. The first-order valence-corrected chi connectivity index (χ1v) is 12.6. The van der Waals surface area contributed by atoms with Crippen molar-refractivity contribution in [3.05, 3.63) is 76.9 Å². The molecule has 4 aromatic rings. The van der Waals surface area contributed by atoms with Crippen molar-refractivity contribution in [1.82, 2.24) is 14.8 Å². The van der Waals surface area contributed by atoms with Gasteiger partial charge in [-0.25, -0.2) is 4.79 Å². The Balaban J connectivity index is 1.44. The third-order valence-corrected chi connectivity index (χ3v) is 7.21. The van der Waals surface area contributed by atoms with E-state index in [1.165, 1.54) is 30.2 Å². The van der Waals surface area contributed by atoms with Crippen LogP contribution < -0.4 is 10.1 Å². The molecule has 2 aromatic carbocycles. The molecule has 2 heterocycles. The van der Waals surface area contributed by atoms with Crippen molar-refractivity contribution in [3.63, 3.8) is 0 Å². The van der Waals surface area contributed by atoms with Crippen LogP contribution in [-0.4, -0.2) is 46.6 Å². The molecule has 2 aromatic heterocycles. The molecule has 0 saturated carbocycles. The number of benzene rings is 2. The van der Waals surface area contributed by atoms with E-state index in [0.717, 1.165) is 17.0 Å². The normalized spacial score (nSPS) is 10.7. The molecule has 4 rings (SSSR count). The van der Waals surface area contributed by atoms with Crippen molar-refractivity contribution in [2.24, 2.45) is 7.05 Å². The minimum absolute atomic E-state index is 0.119. The topological polar surface area (TPSA) is 95.3 Å². The van der Waals surface area contributed by atoms with Crippen molar-refractivity contribution in [2.75, 3.05) is 25.3 Å². The largest absolute Gasteiger partial charge is 0.497 e. The van der Waals surface area contributed by atoms with E-state index in [1.54, 1.807) is 7.11 Å². The van der Waals surface area contributed by atoms with Crippen LogP contribution in [0.15, 0.2) is 65.1 Å². The van der Waals surface area contributed by atoms with Crippen LogP contribution in [0.4, 0.5) is 5.00 Å². The van der Waals surface area contributed by atoms with Gasteiger partial charge in [-0.2, -0.15) is 0 Å². The van der Waals surface area contributed by atoms with Gasteiger partial charge in [-0.3, -0.25) is 4.79 Å². The SMILES string of the molecule is COC(=O)c1c(-c2ccc(OC)cc2)csc1NC(=O)CSc1nnc(Cc2ccccc2)n1C. The minimum Gasteiger partial charge on any atom is -0.497 e. The second kappa shape index (κ2) is 11.2. The molecule has 10 heteroatoms. The van der Waals surface area contributed by atoms with Gasteiger partial charge in [0.1, 0.15) is 22.1 Å². The van der Waals surface area contributed by atoms with E-state index < -0.39 is 5.97 Å². The highest BCUT2D eigenvalue weighted by Gasteiger charge is 2.23. The van der Waals surface area contributed by atoms with Gasteiger partial charge in [0.15, 0.2) is 5.16 Å². The maximum Gasteiger partial charge on any atom is 0.341 e. The Labute approximate surface area is 211 Å². The average Bonchev–Trinajstić information content (AvgIpc) is 3.46. The van der Waals surface area contributed by atoms with Crippen molar-refractivity contribution in [3.8, 4) is 16.9 Å². The molecule has 0 aliphatic carbocycles. The lowest BCUT2D eigenvalue weighted by Crippen LogP contribution is -2.16. The molecule has 0 saturated heterocycles. The van der Waals surface area contributed by atoms with E-state index in [0.29, 0.717) is 33.5 Å². The Morgan fingerprint density at radius 1 is 1.06 bits per heavy atom. The van der Waals surface area contributed by atoms with Crippen LogP contribution in [0.2, 0.25) is 0 Å². The summed E-state index contributed by atoms with van der Waals surface area (Å²) < 4.78 is 12.1. The van der Waals surface area contributed by atoms with Crippen molar-refractivity contribution in [1.29, 1.82) is 0 Å². The molecule has 35 heavy (non-hydrogen) atoms. The maximum atomic E-state index is 12.7. The van der Waals surface area contributed by atoms with Gasteiger partial charge >= 0.3 is 5.97 Å². The van der Waals surface area contributed by atoms with Gasteiger partial charge in [0.2, 0.25) is 5.91 Å². The molecule has 180 valence electrons. The Morgan fingerprint density at radius 3 is 2.49 bits per heavy atom. The van der Waals surface area contributed by atoms with Gasteiger partial charge in [0, 0.05) is 24.4 Å². The highest BCUT2D eigenvalue weighted by Crippen LogP contribution is 2.37. The lowest BCUT2D eigenvalue weighted by Gasteiger charge is -2.08. The molecule has 0 aliphatic heterocycles. The van der Waals surface area contributed by atoms with Gasteiger partial charge in [-0.15, -0.1) is 21.5 Å². The molecule has 0 bridgehead atoms. The number of methoxy groups -OCH3 is 2. The van der Waals surface area contributed by atoms with Crippen LogP contribution >= 0.6 is 23.1 Å². The summed E-state index contributed by atoms with van der Waals surface area (Å²) in [5.74, 6) is 0.877. The number of ether oxygens (including phenoxy) is 2. The van der Waals surface area contributed by atoms with Gasteiger partial charge in [0.25, 0.3) is 0 Å². The van der Waals surface area contributed by atoms with E-state index in [1.807, 2.05) is 71.6 Å². The first-order chi connectivity index (χ1) is 17.0. The summed E-state index contributed by atoms with van der Waals surface area (Å²) in [6.45, 7) is 0. The monoisotopic (exact) mass is 508 g/mol. The summed E-state index contributed by atoms with van der Waals surface area (Å²) in [6, 6.07) is 17.4. The number of anilines is 1. The highest BCUT2D eigenvalue weighted by atomic mass is 32.2. The molecular formula is C25H24N4O4S2. The van der Waals surface area contributed by atoms with Gasteiger partial charge in [0.05, 0.1) is 20.0 Å². The third-order valence-electron chi connectivity index (χ3n) is 5.30. The summed E-state index contributed by atoms with van der Waals surface area (Å²) in [6.07, 6.45) is 0.656. The van der Waals surface area contributed by atoms with E-state index in [2.05, 4.69) is 15.5 Å². The minimum atomic E-state index is -0.515. The van der Waals surface area contributed by atoms with Crippen LogP contribution in [0.1, 0.15) is 21.7 Å². The number of rotatable bonds is 9. The number of hydrogen-bond donors (Lipinski definition) is 1. The van der Waals surface area contributed by atoms with Gasteiger partial charge in [-0.1, -0.05) is 54.2 Å². The van der Waals surface area contributed by atoms with Crippen LogP contribution in [0.25, 0.3) is 11.1 Å².